The van der Waals surface area contributed by atoms with Crippen molar-refractivity contribution in [2.24, 2.45) is 0 Å². The second-order valence-corrected chi connectivity index (χ2v) is 6.63. The number of para-hydroxylation sites is 1. The van der Waals surface area contributed by atoms with Crippen LogP contribution in [-0.4, -0.2) is 41.0 Å². The molecule has 0 bridgehead atoms. The first-order valence-corrected chi connectivity index (χ1v) is 8.92. The molecule has 3 heterocycles. The minimum Gasteiger partial charge on any atom is -0.488 e. The summed E-state index contributed by atoms with van der Waals surface area (Å²) in [5, 5.41) is 3.06. The van der Waals surface area contributed by atoms with E-state index in [2.05, 4.69) is 15.3 Å². The van der Waals surface area contributed by atoms with Crippen LogP contribution in [0, 0.1) is 6.92 Å². The second-order valence-electron chi connectivity index (χ2n) is 6.63. The van der Waals surface area contributed by atoms with E-state index in [0.29, 0.717) is 18.0 Å². The molecule has 6 nitrogen and oxygen atoms in total. The van der Waals surface area contributed by atoms with Gasteiger partial charge in [0.15, 0.2) is 0 Å². The Bertz CT molecular complexity index is 878. The number of likely N-dealkylation sites (tertiary alicyclic amines) is 1. The highest BCUT2D eigenvalue weighted by Crippen LogP contribution is 2.34. The minimum absolute atomic E-state index is 0.0191. The van der Waals surface area contributed by atoms with Crippen LogP contribution in [0.25, 0.3) is 6.08 Å². The molecule has 2 aliphatic heterocycles. The maximum absolute atomic E-state index is 13.2. The SMILES string of the molecule is CNc1cc([C@@H]2CCCN2C(=O)C2=Cc3ccccc3OC2)nc(C)n1. The zero-order valence-electron chi connectivity index (χ0n) is 15.0. The number of fused-ring (bicyclic) bond motifs is 1. The fourth-order valence-corrected chi connectivity index (χ4v) is 3.63. The summed E-state index contributed by atoms with van der Waals surface area (Å²) >= 11 is 0. The number of aromatic nitrogens is 2. The summed E-state index contributed by atoms with van der Waals surface area (Å²) in [4.78, 5) is 24.0. The smallest absolute Gasteiger partial charge is 0.253 e. The van der Waals surface area contributed by atoms with E-state index < -0.39 is 0 Å². The van der Waals surface area contributed by atoms with Crippen LogP contribution in [0.4, 0.5) is 5.82 Å². The van der Waals surface area contributed by atoms with Crippen molar-refractivity contribution in [3.05, 3.63) is 53.0 Å². The van der Waals surface area contributed by atoms with E-state index in [-0.39, 0.29) is 11.9 Å². The van der Waals surface area contributed by atoms with Crippen molar-refractivity contribution >= 4 is 17.8 Å². The number of carbonyl (C=O) groups excluding carboxylic acids is 1. The third-order valence-corrected chi connectivity index (χ3v) is 4.88. The van der Waals surface area contributed by atoms with Gasteiger partial charge in [0.25, 0.3) is 5.91 Å². The number of rotatable bonds is 3. The van der Waals surface area contributed by atoms with Gasteiger partial charge in [-0.05, 0) is 31.9 Å². The lowest BCUT2D eigenvalue weighted by atomic mass is 10.1. The van der Waals surface area contributed by atoms with Gasteiger partial charge < -0.3 is 15.0 Å². The van der Waals surface area contributed by atoms with E-state index >= 15 is 0 Å². The van der Waals surface area contributed by atoms with Crippen LogP contribution in [0.3, 0.4) is 0 Å². The van der Waals surface area contributed by atoms with Crippen LogP contribution in [0.15, 0.2) is 35.9 Å². The summed E-state index contributed by atoms with van der Waals surface area (Å²) in [5.41, 5.74) is 2.54. The fraction of sp³-hybridized carbons (Fsp3) is 0.350. The van der Waals surface area contributed by atoms with Crippen LogP contribution in [0.1, 0.15) is 36.0 Å². The van der Waals surface area contributed by atoms with E-state index in [1.54, 1.807) is 0 Å². The third kappa shape index (κ3) is 3.03. The molecule has 4 rings (SSSR count). The lowest BCUT2D eigenvalue weighted by molar-refractivity contribution is -0.128. The fourth-order valence-electron chi connectivity index (χ4n) is 3.63. The van der Waals surface area contributed by atoms with Crippen LogP contribution >= 0.6 is 0 Å². The Morgan fingerprint density at radius 2 is 2.15 bits per heavy atom. The normalized spacial score (nSPS) is 18.8. The summed E-state index contributed by atoms with van der Waals surface area (Å²) in [6.07, 6.45) is 3.83. The summed E-state index contributed by atoms with van der Waals surface area (Å²) < 4.78 is 5.76. The van der Waals surface area contributed by atoms with Crippen LogP contribution in [0.5, 0.6) is 5.75 Å². The van der Waals surface area contributed by atoms with Gasteiger partial charge in [0, 0.05) is 25.2 Å². The third-order valence-electron chi connectivity index (χ3n) is 4.88. The predicted molar refractivity (Wildman–Crippen MR) is 99.9 cm³/mol. The van der Waals surface area contributed by atoms with Crippen molar-refractivity contribution in [2.45, 2.75) is 25.8 Å². The number of hydrogen-bond acceptors (Lipinski definition) is 5. The Hall–Kier alpha value is -2.89. The van der Waals surface area contributed by atoms with E-state index in [1.807, 2.05) is 55.3 Å². The molecule has 2 aromatic rings. The van der Waals surface area contributed by atoms with Gasteiger partial charge >= 0.3 is 0 Å². The summed E-state index contributed by atoms with van der Waals surface area (Å²) in [6.45, 7) is 2.92. The zero-order chi connectivity index (χ0) is 18.1. The second kappa shape index (κ2) is 6.78. The van der Waals surface area contributed by atoms with Crippen molar-refractivity contribution in [1.82, 2.24) is 14.9 Å². The molecule has 1 N–H and O–H groups in total. The van der Waals surface area contributed by atoms with Crippen molar-refractivity contribution in [1.29, 1.82) is 0 Å². The van der Waals surface area contributed by atoms with Crippen molar-refractivity contribution in [3.63, 3.8) is 0 Å². The highest BCUT2D eigenvalue weighted by Gasteiger charge is 2.33. The molecule has 1 aromatic heterocycles. The van der Waals surface area contributed by atoms with Crippen molar-refractivity contribution < 1.29 is 9.53 Å². The average molecular weight is 350 g/mol. The highest BCUT2D eigenvalue weighted by molar-refractivity contribution is 5.99. The number of aryl methyl sites for hydroxylation is 1. The number of benzene rings is 1. The molecule has 1 atom stereocenters. The molecule has 1 saturated heterocycles. The lowest BCUT2D eigenvalue weighted by Gasteiger charge is -2.27. The monoisotopic (exact) mass is 350 g/mol. The zero-order valence-corrected chi connectivity index (χ0v) is 15.0. The molecule has 0 radical (unpaired) electrons. The number of hydrogen-bond donors (Lipinski definition) is 1. The maximum Gasteiger partial charge on any atom is 0.253 e. The molecule has 0 saturated carbocycles. The van der Waals surface area contributed by atoms with Gasteiger partial charge in [-0.25, -0.2) is 9.97 Å². The largest absolute Gasteiger partial charge is 0.488 e. The standard InChI is InChI=1S/C20H22N4O2/c1-13-22-16(11-19(21-2)23-13)17-7-5-9-24(17)20(25)15-10-14-6-3-4-8-18(14)26-12-15/h3-4,6,8,10-11,17H,5,7,9,12H2,1-2H3,(H,21,22,23)/t17-/m0/s1. The summed E-state index contributed by atoms with van der Waals surface area (Å²) in [5.74, 6) is 2.35. The first-order valence-electron chi connectivity index (χ1n) is 8.92. The van der Waals surface area contributed by atoms with E-state index in [4.69, 9.17) is 4.74 Å². The predicted octanol–water partition coefficient (Wildman–Crippen LogP) is 2.97. The quantitative estimate of drug-likeness (QED) is 0.922. The first kappa shape index (κ1) is 16.6. The molecule has 6 heteroatoms. The highest BCUT2D eigenvalue weighted by atomic mass is 16.5. The van der Waals surface area contributed by atoms with E-state index in [1.165, 1.54) is 0 Å². The molecule has 1 amide bonds. The topological polar surface area (TPSA) is 67.4 Å². The Labute approximate surface area is 152 Å². The van der Waals surface area contributed by atoms with Crippen LogP contribution in [0.2, 0.25) is 0 Å². The average Bonchev–Trinajstić information content (AvgIpc) is 3.16. The summed E-state index contributed by atoms with van der Waals surface area (Å²) in [7, 11) is 1.84. The molecular weight excluding hydrogens is 328 g/mol. The minimum atomic E-state index is -0.0191. The molecule has 134 valence electrons. The van der Waals surface area contributed by atoms with Gasteiger partial charge in [-0.3, -0.25) is 4.79 Å². The first-order chi connectivity index (χ1) is 12.7. The molecule has 1 aromatic carbocycles. The Morgan fingerprint density at radius 3 is 3.00 bits per heavy atom. The number of amides is 1. The maximum atomic E-state index is 13.2. The molecule has 26 heavy (non-hydrogen) atoms. The van der Waals surface area contributed by atoms with Gasteiger partial charge in [-0.15, -0.1) is 0 Å². The molecule has 0 unspecified atom stereocenters. The Kier molecular flexibility index (Phi) is 4.32. The van der Waals surface area contributed by atoms with Gasteiger partial charge in [0.1, 0.15) is 24.0 Å². The molecule has 0 aliphatic carbocycles. The number of nitrogens with one attached hydrogen (secondary N) is 1. The Morgan fingerprint density at radius 1 is 1.31 bits per heavy atom. The van der Waals surface area contributed by atoms with Crippen molar-refractivity contribution in [2.75, 3.05) is 25.5 Å². The lowest BCUT2D eigenvalue weighted by Crippen LogP contribution is -2.34. The number of carbonyl (C=O) groups is 1. The van der Waals surface area contributed by atoms with Gasteiger partial charge in [-0.2, -0.15) is 0 Å². The van der Waals surface area contributed by atoms with Crippen LogP contribution < -0.4 is 10.1 Å². The van der Waals surface area contributed by atoms with Gasteiger partial charge in [0.05, 0.1) is 17.3 Å². The Balaban J connectivity index is 1.62. The van der Waals surface area contributed by atoms with Gasteiger partial charge in [-0.1, -0.05) is 18.2 Å². The number of anilines is 1. The molecule has 0 spiro atoms. The van der Waals surface area contributed by atoms with Gasteiger partial charge in [0.2, 0.25) is 0 Å². The molecule has 1 fully saturated rings. The van der Waals surface area contributed by atoms with E-state index in [0.717, 1.165) is 42.2 Å². The van der Waals surface area contributed by atoms with Crippen LogP contribution in [-0.2, 0) is 4.79 Å². The number of nitrogens with zero attached hydrogens (tertiary/aromatic N) is 3. The molecule has 2 aliphatic rings. The summed E-state index contributed by atoms with van der Waals surface area (Å²) in [6, 6.07) is 9.70. The molecular formula is C20H22N4O2. The van der Waals surface area contributed by atoms with Crippen molar-refractivity contribution in [3.8, 4) is 5.75 Å². The van der Waals surface area contributed by atoms with E-state index in [9.17, 15) is 4.79 Å². The number of ether oxygens (including phenoxy) is 1.